The van der Waals surface area contributed by atoms with Crippen LogP contribution >= 0.6 is 0 Å². The first kappa shape index (κ1) is 10.1. The Hall–Kier alpha value is -0.860. The standard InChI is InChI=1S/C15H20N2/c16-12-6-13-9-15(10-14(7-12)17(13)15)8-11-4-2-1-3-5-11/h1-5,12-14H,6-10,16H2/t12-,13+,14-,15?. The third-order valence-electron chi connectivity index (χ3n) is 5.09. The average molecular weight is 228 g/mol. The molecule has 3 aliphatic heterocycles. The molecule has 0 aromatic heterocycles. The molecule has 2 heteroatoms. The molecule has 17 heavy (non-hydrogen) atoms. The largest absolute Gasteiger partial charge is 0.328 e. The highest BCUT2D eigenvalue weighted by molar-refractivity contribution is 5.27. The summed E-state index contributed by atoms with van der Waals surface area (Å²) in [5, 5.41) is 0. The van der Waals surface area contributed by atoms with Gasteiger partial charge in [0.2, 0.25) is 0 Å². The van der Waals surface area contributed by atoms with Gasteiger partial charge >= 0.3 is 0 Å². The molecule has 3 aliphatic rings. The summed E-state index contributed by atoms with van der Waals surface area (Å²) in [7, 11) is 0. The van der Waals surface area contributed by atoms with Gasteiger partial charge in [0.25, 0.3) is 0 Å². The zero-order valence-electron chi connectivity index (χ0n) is 10.2. The Morgan fingerprint density at radius 3 is 2.41 bits per heavy atom. The van der Waals surface area contributed by atoms with Crippen molar-refractivity contribution in [3.8, 4) is 0 Å². The highest BCUT2D eigenvalue weighted by Crippen LogP contribution is 2.57. The number of hydrogen-bond acceptors (Lipinski definition) is 2. The van der Waals surface area contributed by atoms with Crippen LogP contribution in [0.2, 0.25) is 0 Å². The molecule has 2 nitrogen and oxygen atoms in total. The average Bonchev–Trinajstić information content (AvgIpc) is 2.26. The van der Waals surface area contributed by atoms with Crippen LogP contribution in [0.15, 0.2) is 30.3 Å². The first-order chi connectivity index (χ1) is 8.27. The van der Waals surface area contributed by atoms with Crippen molar-refractivity contribution in [1.82, 2.24) is 4.90 Å². The molecule has 0 amide bonds. The number of rotatable bonds is 2. The molecule has 1 unspecified atom stereocenters. The Morgan fingerprint density at radius 1 is 1.12 bits per heavy atom. The topological polar surface area (TPSA) is 29.3 Å². The van der Waals surface area contributed by atoms with Gasteiger partial charge in [0, 0.05) is 23.7 Å². The van der Waals surface area contributed by atoms with E-state index in [9.17, 15) is 0 Å². The number of piperidine rings is 2. The summed E-state index contributed by atoms with van der Waals surface area (Å²) in [5.41, 5.74) is 8.13. The van der Waals surface area contributed by atoms with E-state index in [1.54, 1.807) is 0 Å². The Balaban J connectivity index is 1.52. The van der Waals surface area contributed by atoms with Crippen molar-refractivity contribution in [3.63, 3.8) is 0 Å². The molecule has 90 valence electrons. The lowest BCUT2D eigenvalue weighted by atomic mass is 9.57. The lowest BCUT2D eigenvalue weighted by Crippen LogP contribution is -2.82. The monoisotopic (exact) mass is 228 g/mol. The van der Waals surface area contributed by atoms with E-state index in [1.165, 1.54) is 37.7 Å². The van der Waals surface area contributed by atoms with Crippen LogP contribution in [0.4, 0.5) is 0 Å². The lowest BCUT2D eigenvalue weighted by molar-refractivity contribution is -0.220. The maximum absolute atomic E-state index is 6.11. The summed E-state index contributed by atoms with van der Waals surface area (Å²) in [6, 6.07) is 13.0. The Bertz CT molecular complexity index is 412. The fourth-order valence-electron chi connectivity index (χ4n) is 4.62. The molecule has 0 aliphatic carbocycles. The molecule has 3 saturated heterocycles. The normalized spacial score (nSPS) is 43.5. The van der Waals surface area contributed by atoms with E-state index in [4.69, 9.17) is 5.73 Å². The minimum atomic E-state index is 0.469. The van der Waals surface area contributed by atoms with Gasteiger partial charge in [-0.05, 0) is 37.7 Å². The maximum Gasteiger partial charge on any atom is 0.0285 e. The minimum Gasteiger partial charge on any atom is -0.328 e. The minimum absolute atomic E-state index is 0.469. The van der Waals surface area contributed by atoms with E-state index in [0.717, 1.165) is 12.1 Å². The third-order valence-corrected chi connectivity index (χ3v) is 5.09. The number of nitrogens with zero attached hydrogens (tertiary/aromatic N) is 1. The smallest absolute Gasteiger partial charge is 0.0285 e. The van der Waals surface area contributed by atoms with Gasteiger partial charge in [0.05, 0.1) is 0 Å². The molecule has 1 aromatic rings. The van der Waals surface area contributed by atoms with E-state index in [2.05, 4.69) is 35.2 Å². The van der Waals surface area contributed by atoms with Crippen molar-refractivity contribution < 1.29 is 0 Å². The van der Waals surface area contributed by atoms with Crippen LogP contribution in [-0.2, 0) is 6.42 Å². The second kappa shape index (κ2) is 3.33. The zero-order chi connectivity index (χ0) is 11.5. The summed E-state index contributed by atoms with van der Waals surface area (Å²) >= 11 is 0. The van der Waals surface area contributed by atoms with E-state index in [0.29, 0.717) is 11.6 Å². The number of hydrogen-bond donors (Lipinski definition) is 1. The second-order valence-corrected chi connectivity index (χ2v) is 6.24. The SMILES string of the molecule is N[C@H]1C[C@@H]2CC3(Cc4ccccc4)C[C@H](C1)N23. The van der Waals surface area contributed by atoms with Crippen molar-refractivity contribution in [2.24, 2.45) is 5.73 Å². The van der Waals surface area contributed by atoms with E-state index in [-0.39, 0.29) is 0 Å². The summed E-state index contributed by atoms with van der Waals surface area (Å²) in [6.07, 6.45) is 6.47. The van der Waals surface area contributed by atoms with Crippen LogP contribution in [-0.4, -0.2) is 28.6 Å². The fourth-order valence-corrected chi connectivity index (χ4v) is 4.62. The van der Waals surface area contributed by atoms with Gasteiger partial charge < -0.3 is 5.73 Å². The van der Waals surface area contributed by atoms with Crippen LogP contribution in [0.5, 0.6) is 0 Å². The summed E-state index contributed by atoms with van der Waals surface area (Å²) < 4.78 is 0. The van der Waals surface area contributed by atoms with Crippen molar-refractivity contribution in [2.45, 2.75) is 55.8 Å². The molecule has 3 fully saturated rings. The summed E-state index contributed by atoms with van der Waals surface area (Å²) in [6.45, 7) is 0. The van der Waals surface area contributed by atoms with Gasteiger partial charge in [0.15, 0.2) is 0 Å². The third kappa shape index (κ3) is 1.34. The molecule has 4 atom stereocenters. The van der Waals surface area contributed by atoms with Gasteiger partial charge in [-0.1, -0.05) is 30.3 Å². The molecular weight excluding hydrogens is 208 g/mol. The predicted octanol–water partition coefficient (Wildman–Crippen LogP) is 1.94. The van der Waals surface area contributed by atoms with E-state index in [1.807, 2.05) is 0 Å². The Morgan fingerprint density at radius 2 is 1.76 bits per heavy atom. The molecule has 0 saturated carbocycles. The molecule has 4 rings (SSSR count). The van der Waals surface area contributed by atoms with Crippen molar-refractivity contribution >= 4 is 0 Å². The van der Waals surface area contributed by atoms with Crippen LogP contribution in [0.3, 0.4) is 0 Å². The highest BCUT2D eigenvalue weighted by atomic mass is 15.4. The number of nitrogens with two attached hydrogens (primary N) is 1. The lowest BCUT2D eigenvalue weighted by Gasteiger charge is -2.73. The zero-order valence-corrected chi connectivity index (χ0v) is 10.2. The van der Waals surface area contributed by atoms with Crippen molar-refractivity contribution in [2.75, 3.05) is 0 Å². The Labute approximate surface area is 103 Å². The summed E-state index contributed by atoms with van der Waals surface area (Å²) in [4.78, 5) is 2.78. The highest BCUT2D eigenvalue weighted by Gasteiger charge is 2.64. The maximum atomic E-state index is 6.11. The molecule has 3 heterocycles. The van der Waals surface area contributed by atoms with Gasteiger partial charge in [-0.3, -0.25) is 4.90 Å². The molecule has 1 aromatic carbocycles. The Kier molecular flexibility index (Phi) is 1.98. The van der Waals surface area contributed by atoms with E-state index < -0.39 is 0 Å². The molecule has 2 N–H and O–H groups in total. The first-order valence-electron chi connectivity index (χ1n) is 6.85. The number of benzene rings is 1. The van der Waals surface area contributed by atoms with Gasteiger partial charge in [-0.25, -0.2) is 0 Å². The van der Waals surface area contributed by atoms with E-state index >= 15 is 0 Å². The van der Waals surface area contributed by atoms with Crippen LogP contribution in [0, 0.1) is 0 Å². The molecule has 0 spiro atoms. The van der Waals surface area contributed by atoms with Crippen molar-refractivity contribution in [1.29, 1.82) is 0 Å². The molecule has 0 bridgehead atoms. The van der Waals surface area contributed by atoms with Crippen LogP contribution in [0.25, 0.3) is 0 Å². The fraction of sp³-hybridized carbons (Fsp3) is 0.600. The van der Waals surface area contributed by atoms with Gasteiger partial charge in [0.1, 0.15) is 0 Å². The summed E-state index contributed by atoms with van der Waals surface area (Å²) in [5.74, 6) is 0. The molecule has 0 radical (unpaired) electrons. The predicted molar refractivity (Wildman–Crippen MR) is 68.7 cm³/mol. The van der Waals surface area contributed by atoms with Gasteiger partial charge in [-0.15, -0.1) is 0 Å². The van der Waals surface area contributed by atoms with Crippen molar-refractivity contribution in [3.05, 3.63) is 35.9 Å². The first-order valence-corrected chi connectivity index (χ1v) is 6.85. The quantitative estimate of drug-likeness (QED) is 0.838. The van der Waals surface area contributed by atoms with Gasteiger partial charge in [-0.2, -0.15) is 0 Å². The van der Waals surface area contributed by atoms with Crippen LogP contribution < -0.4 is 5.73 Å². The molecular formula is C15H20N2. The van der Waals surface area contributed by atoms with Crippen LogP contribution in [0.1, 0.15) is 31.2 Å². The second-order valence-electron chi connectivity index (χ2n) is 6.24.